The lowest BCUT2D eigenvalue weighted by atomic mass is 9.97. The predicted octanol–water partition coefficient (Wildman–Crippen LogP) is 2.89. The van der Waals surface area contributed by atoms with Crippen LogP contribution in [0.5, 0.6) is 0 Å². The van der Waals surface area contributed by atoms with Gasteiger partial charge in [0.05, 0.1) is 9.89 Å². The summed E-state index contributed by atoms with van der Waals surface area (Å²) in [5, 5.41) is 9.95. The van der Waals surface area contributed by atoms with E-state index in [2.05, 4.69) is 20.7 Å². The van der Waals surface area contributed by atoms with Crippen molar-refractivity contribution < 1.29 is 13.5 Å². The number of nitrogens with one attached hydrogen (secondary N) is 1. The summed E-state index contributed by atoms with van der Waals surface area (Å²) in [6, 6.07) is 1.63. The number of rotatable bonds is 7. The molecule has 1 atom stereocenters. The molecule has 0 aliphatic heterocycles. The number of thiophene rings is 1. The van der Waals surface area contributed by atoms with E-state index >= 15 is 0 Å². The van der Waals surface area contributed by atoms with Crippen LogP contribution in [0.15, 0.2) is 14.1 Å². The Hall–Kier alpha value is 0.0500. The van der Waals surface area contributed by atoms with Crippen LogP contribution in [-0.2, 0) is 10.0 Å². The molecule has 0 fully saturated rings. The van der Waals surface area contributed by atoms with Crippen molar-refractivity contribution in [3.05, 3.63) is 15.4 Å². The first-order chi connectivity index (χ1) is 8.81. The fraction of sp³-hybridized carbons (Fsp3) is 0.667. The average molecular weight is 370 g/mol. The van der Waals surface area contributed by atoms with Gasteiger partial charge in [0.1, 0.15) is 4.21 Å². The fourth-order valence-corrected chi connectivity index (χ4v) is 5.15. The molecule has 0 radical (unpaired) electrons. The van der Waals surface area contributed by atoms with E-state index < -0.39 is 16.1 Å². The van der Waals surface area contributed by atoms with Gasteiger partial charge in [0.25, 0.3) is 0 Å². The van der Waals surface area contributed by atoms with Gasteiger partial charge in [-0.05, 0) is 40.4 Å². The molecule has 0 amide bonds. The molecule has 0 aliphatic carbocycles. The number of hydrogen-bond donors (Lipinski definition) is 2. The zero-order valence-electron chi connectivity index (χ0n) is 11.3. The highest BCUT2D eigenvalue weighted by atomic mass is 79.9. The molecular weight excluding hydrogens is 350 g/mol. The van der Waals surface area contributed by atoms with Crippen molar-refractivity contribution in [1.29, 1.82) is 0 Å². The zero-order chi connectivity index (χ0) is 14.6. The highest BCUT2D eigenvalue weighted by Gasteiger charge is 2.22. The van der Waals surface area contributed by atoms with Crippen LogP contribution in [-0.4, -0.2) is 26.2 Å². The fourth-order valence-electron chi connectivity index (χ4n) is 1.83. The van der Waals surface area contributed by atoms with Gasteiger partial charge in [-0.15, -0.1) is 11.3 Å². The first kappa shape index (κ1) is 17.1. The van der Waals surface area contributed by atoms with E-state index in [1.54, 1.807) is 6.07 Å². The van der Waals surface area contributed by atoms with Crippen LogP contribution in [0.1, 0.15) is 32.3 Å². The molecule has 1 aromatic rings. The second-order valence-electron chi connectivity index (χ2n) is 4.52. The van der Waals surface area contributed by atoms with Crippen LogP contribution in [0.2, 0.25) is 0 Å². The van der Waals surface area contributed by atoms with Gasteiger partial charge >= 0.3 is 0 Å². The highest BCUT2D eigenvalue weighted by molar-refractivity contribution is 9.11. The van der Waals surface area contributed by atoms with Crippen molar-refractivity contribution in [2.45, 2.75) is 43.9 Å². The summed E-state index contributed by atoms with van der Waals surface area (Å²) < 4.78 is 27.7. The van der Waals surface area contributed by atoms with Crippen LogP contribution >= 0.6 is 27.3 Å². The second kappa shape index (κ2) is 7.17. The van der Waals surface area contributed by atoms with Crippen molar-refractivity contribution in [3.63, 3.8) is 0 Å². The Morgan fingerprint density at radius 2 is 2.00 bits per heavy atom. The summed E-state index contributed by atoms with van der Waals surface area (Å²) in [6.45, 7) is 5.89. The van der Waals surface area contributed by atoms with Crippen molar-refractivity contribution in [2.24, 2.45) is 5.92 Å². The zero-order valence-corrected chi connectivity index (χ0v) is 14.5. The van der Waals surface area contributed by atoms with Gasteiger partial charge in [-0.25, -0.2) is 13.1 Å². The lowest BCUT2D eigenvalue weighted by molar-refractivity contribution is 0.107. The molecule has 19 heavy (non-hydrogen) atoms. The molecule has 2 N–H and O–H groups in total. The second-order valence-corrected chi connectivity index (χ2v) is 8.88. The van der Waals surface area contributed by atoms with Gasteiger partial charge in [0, 0.05) is 6.54 Å². The smallest absolute Gasteiger partial charge is 0.250 e. The van der Waals surface area contributed by atoms with Crippen LogP contribution < -0.4 is 4.72 Å². The topological polar surface area (TPSA) is 66.4 Å². The SMILES string of the molecule is CCC(CC)C(O)CNS(=O)(=O)c1cc(C)c(Br)s1. The molecular formula is C12H20BrNO3S2. The van der Waals surface area contributed by atoms with Crippen LogP contribution in [0.25, 0.3) is 0 Å². The molecule has 0 saturated heterocycles. The van der Waals surface area contributed by atoms with Crippen molar-refractivity contribution in [2.75, 3.05) is 6.54 Å². The highest BCUT2D eigenvalue weighted by Crippen LogP contribution is 2.30. The molecule has 7 heteroatoms. The van der Waals surface area contributed by atoms with Gasteiger partial charge in [0.15, 0.2) is 0 Å². The minimum Gasteiger partial charge on any atom is -0.391 e. The van der Waals surface area contributed by atoms with Gasteiger partial charge in [-0.1, -0.05) is 26.7 Å². The monoisotopic (exact) mass is 369 g/mol. The molecule has 1 heterocycles. The number of halogens is 1. The maximum Gasteiger partial charge on any atom is 0.250 e. The molecule has 0 aliphatic rings. The largest absolute Gasteiger partial charge is 0.391 e. The number of aliphatic hydroxyl groups is 1. The number of hydrogen-bond acceptors (Lipinski definition) is 4. The first-order valence-electron chi connectivity index (χ1n) is 6.25. The summed E-state index contributed by atoms with van der Waals surface area (Å²) >= 11 is 4.49. The Kier molecular flexibility index (Phi) is 6.46. The van der Waals surface area contributed by atoms with E-state index in [0.717, 1.165) is 22.2 Å². The van der Waals surface area contributed by atoms with E-state index in [-0.39, 0.29) is 16.7 Å². The predicted molar refractivity (Wildman–Crippen MR) is 82.0 cm³/mol. The summed E-state index contributed by atoms with van der Waals surface area (Å²) in [5.41, 5.74) is 0.894. The molecule has 0 bridgehead atoms. The summed E-state index contributed by atoms with van der Waals surface area (Å²) in [7, 11) is -3.53. The standard InChI is InChI=1S/C12H20BrNO3S2/c1-4-9(5-2)10(15)7-14-19(16,17)11-6-8(3)12(13)18-11/h6,9-10,14-15H,4-5,7H2,1-3H3. The molecule has 1 unspecified atom stereocenters. The van der Waals surface area contributed by atoms with Gasteiger partial charge in [-0.3, -0.25) is 0 Å². The lowest BCUT2D eigenvalue weighted by Gasteiger charge is -2.20. The van der Waals surface area contributed by atoms with Crippen molar-refractivity contribution in [1.82, 2.24) is 4.72 Å². The quantitative estimate of drug-likeness (QED) is 0.776. The Balaban J connectivity index is 2.71. The molecule has 0 aromatic carbocycles. The van der Waals surface area contributed by atoms with Gasteiger partial charge in [0.2, 0.25) is 10.0 Å². The molecule has 0 saturated carbocycles. The summed E-state index contributed by atoms with van der Waals surface area (Å²) in [4.78, 5) is 0. The van der Waals surface area contributed by atoms with Gasteiger partial charge in [-0.2, -0.15) is 0 Å². The molecule has 1 rings (SSSR count). The van der Waals surface area contributed by atoms with E-state index in [1.165, 1.54) is 11.3 Å². The number of sulfonamides is 1. The van der Waals surface area contributed by atoms with E-state index in [4.69, 9.17) is 0 Å². The summed E-state index contributed by atoms with van der Waals surface area (Å²) in [6.07, 6.45) is 1.03. The first-order valence-corrected chi connectivity index (χ1v) is 9.34. The van der Waals surface area contributed by atoms with Crippen LogP contribution in [0.4, 0.5) is 0 Å². The van der Waals surface area contributed by atoms with Crippen LogP contribution in [0.3, 0.4) is 0 Å². The lowest BCUT2D eigenvalue weighted by Crippen LogP contribution is -2.35. The molecule has 110 valence electrons. The molecule has 4 nitrogen and oxygen atoms in total. The third kappa shape index (κ3) is 4.53. The maximum absolute atomic E-state index is 12.1. The van der Waals surface area contributed by atoms with E-state index in [9.17, 15) is 13.5 Å². The maximum atomic E-state index is 12.1. The van der Waals surface area contributed by atoms with E-state index in [1.807, 2.05) is 20.8 Å². The minimum absolute atomic E-state index is 0.0588. The average Bonchev–Trinajstić information content (AvgIpc) is 2.70. The number of aryl methyl sites for hydroxylation is 1. The Morgan fingerprint density at radius 3 is 2.42 bits per heavy atom. The Labute approximate surface area is 127 Å². The molecule has 0 spiro atoms. The molecule has 1 aromatic heterocycles. The number of aliphatic hydroxyl groups excluding tert-OH is 1. The third-order valence-electron chi connectivity index (χ3n) is 3.17. The van der Waals surface area contributed by atoms with E-state index in [0.29, 0.717) is 0 Å². The van der Waals surface area contributed by atoms with Crippen molar-refractivity contribution >= 4 is 37.3 Å². The van der Waals surface area contributed by atoms with Crippen molar-refractivity contribution in [3.8, 4) is 0 Å². The van der Waals surface area contributed by atoms with Crippen LogP contribution in [0, 0.1) is 12.8 Å². The normalized spacial score (nSPS) is 14.0. The Morgan fingerprint density at radius 1 is 1.42 bits per heavy atom. The minimum atomic E-state index is -3.53. The third-order valence-corrected chi connectivity index (χ3v) is 7.21. The van der Waals surface area contributed by atoms with Gasteiger partial charge < -0.3 is 5.11 Å². The Bertz CT molecular complexity index is 490. The summed E-state index contributed by atoms with van der Waals surface area (Å²) in [5.74, 6) is 0.125.